The number of hydrogen-bond acceptors (Lipinski definition) is 6. The van der Waals surface area contributed by atoms with E-state index in [0.717, 1.165) is 16.5 Å². The largest absolute Gasteiger partial charge is 0.480 e. The van der Waals surface area contributed by atoms with E-state index >= 15 is 0 Å². The van der Waals surface area contributed by atoms with Crippen molar-refractivity contribution in [2.75, 3.05) is 13.2 Å². The summed E-state index contributed by atoms with van der Waals surface area (Å²) in [7, 11) is 0. The van der Waals surface area contributed by atoms with Crippen LogP contribution < -0.4 is 21.7 Å². The number of carbonyl (C=O) groups is 4. The minimum atomic E-state index is -1.22. The Labute approximate surface area is 191 Å². The maximum atomic E-state index is 13.0. The van der Waals surface area contributed by atoms with E-state index in [1.165, 1.54) is 0 Å². The molecular formula is C22H31N5O6. The summed E-state index contributed by atoms with van der Waals surface area (Å²) < 4.78 is 0. The van der Waals surface area contributed by atoms with Gasteiger partial charge in [-0.3, -0.25) is 19.2 Å². The molecule has 1 aromatic heterocycles. The predicted octanol–water partition coefficient (Wildman–Crippen LogP) is -0.753. The van der Waals surface area contributed by atoms with E-state index in [9.17, 15) is 19.2 Å². The number of nitrogens with one attached hydrogen (secondary N) is 4. The van der Waals surface area contributed by atoms with Gasteiger partial charge >= 0.3 is 5.97 Å². The molecule has 0 saturated carbocycles. The zero-order valence-corrected chi connectivity index (χ0v) is 18.6. The number of nitrogens with two attached hydrogens (primary N) is 1. The number of benzene rings is 1. The number of aliphatic hydroxyl groups excluding tert-OH is 1. The Morgan fingerprint density at radius 3 is 2.33 bits per heavy atom. The van der Waals surface area contributed by atoms with Gasteiger partial charge in [0, 0.05) is 23.5 Å². The van der Waals surface area contributed by atoms with E-state index in [1.54, 1.807) is 6.20 Å². The molecule has 0 aliphatic heterocycles. The molecule has 0 spiro atoms. The second-order valence-corrected chi connectivity index (χ2v) is 8.22. The van der Waals surface area contributed by atoms with Crippen LogP contribution in [0.2, 0.25) is 0 Å². The number of H-pyrrole nitrogens is 1. The summed E-state index contributed by atoms with van der Waals surface area (Å²) in [5.74, 6) is -3.17. The lowest BCUT2D eigenvalue weighted by Crippen LogP contribution is -2.57. The maximum Gasteiger partial charge on any atom is 0.322 e. The van der Waals surface area contributed by atoms with Crippen molar-refractivity contribution < 1.29 is 29.4 Å². The minimum Gasteiger partial charge on any atom is -0.480 e. The lowest BCUT2D eigenvalue weighted by molar-refractivity contribution is -0.138. The molecule has 0 aliphatic rings. The summed E-state index contributed by atoms with van der Waals surface area (Å²) in [5, 5.41) is 26.3. The first-order chi connectivity index (χ1) is 15.6. The van der Waals surface area contributed by atoms with Gasteiger partial charge in [-0.15, -0.1) is 0 Å². The number of carboxylic acids is 1. The molecule has 3 amide bonds. The van der Waals surface area contributed by atoms with Crippen LogP contribution in [-0.4, -0.2) is 70.2 Å². The van der Waals surface area contributed by atoms with Crippen LogP contribution in [-0.2, 0) is 25.6 Å². The molecule has 2 rings (SSSR count). The fourth-order valence-electron chi connectivity index (χ4n) is 3.35. The second kappa shape index (κ2) is 12.0. The molecule has 0 radical (unpaired) electrons. The fourth-order valence-corrected chi connectivity index (χ4v) is 3.35. The zero-order chi connectivity index (χ0) is 24.5. The molecule has 0 fully saturated rings. The first-order valence-corrected chi connectivity index (χ1v) is 10.6. The van der Waals surface area contributed by atoms with Gasteiger partial charge in [-0.25, -0.2) is 0 Å². The third kappa shape index (κ3) is 7.58. The monoisotopic (exact) mass is 461 g/mol. The van der Waals surface area contributed by atoms with Crippen molar-refractivity contribution in [3.63, 3.8) is 0 Å². The smallest absolute Gasteiger partial charge is 0.322 e. The molecule has 8 N–H and O–H groups in total. The Bertz CT molecular complexity index is 989. The van der Waals surface area contributed by atoms with E-state index in [1.807, 2.05) is 38.1 Å². The van der Waals surface area contributed by atoms with E-state index in [0.29, 0.717) is 0 Å². The summed E-state index contributed by atoms with van der Waals surface area (Å²) >= 11 is 0. The van der Waals surface area contributed by atoms with Gasteiger partial charge in [0.25, 0.3) is 0 Å². The number of para-hydroxylation sites is 1. The summed E-state index contributed by atoms with van der Waals surface area (Å²) in [6, 6.07) is 4.17. The Kier molecular flexibility index (Phi) is 9.37. The molecule has 11 heteroatoms. The maximum absolute atomic E-state index is 13.0. The number of hydrogen-bond donors (Lipinski definition) is 7. The van der Waals surface area contributed by atoms with Crippen LogP contribution in [0.5, 0.6) is 0 Å². The van der Waals surface area contributed by atoms with E-state index < -0.39 is 55.0 Å². The molecule has 1 heterocycles. The van der Waals surface area contributed by atoms with Gasteiger partial charge in [0.05, 0.1) is 6.61 Å². The summed E-state index contributed by atoms with van der Waals surface area (Å²) in [4.78, 5) is 51.9. The van der Waals surface area contributed by atoms with Crippen molar-refractivity contribution in [3.05, 3.63) is 36.0 Å². The van der Waals surface area contributed by atoms with Crippen LogP contribution in [0.3, 0.4) is 0 Å². The van der Waals surface area contributed by atoms with E-state index in [4.69, 9.17) is 15.9 Å². The summed E-state index contributed by atoms with van der Waals surface area (Å²) in [6.07, 6.45) is 2.09. The summed E-state index contributed by atoms with van der Waals surface area (Å²) in [5.41, 5.74) is 7.15. The van der Waals surface area contributed by atoms with Crippen molar-refractivity contribution in [1.29, 1.82) is 0 Å². The first kappa shape index (κ1) is 25.8. The molecule has 0 aliphatic carbocycles. The lowest BCUT2D eigenvalue weighted by Gasteiger charge is -2.25. The van der Waals surface area contributed by atoms with E-state index in [-0.39, 0.29) is 18.8 Å². The average molecular weight is 462 g/mol. The molecule has 3 unspecified atom stereocenters. The molecular weight excluding hydrogens is 430 g/mol. The van der Waals surface area contributed by atoms with Crippen LogP contribution in [0.4, 0.5) is 0 Å². The Morgan fingerprint density at radius 1 is 1.03 bits per heavy atom. The number of aromatic nitrogens is 1. The third-order valence-electron chi connectivity index (χ3n) is 5.02. The quantitative estimate of drug-likeness (QED) is 0.216. The van der Waals surface area contributed by atoms with Crippen molar-refractivity contribution in [2.45, 2.75) is 44.8 Å². The molecule has 0 bridgehead atoms. The highest BCUT2D eigenvalue weighted by Gasteiger charge is 2.29. The molecule has 1 aromatic carbocycles. The van der Waals surface area contributed by atoms with Crippen LogP contribution in [0.1, 0.15) is 25.8 Å². The molecule has 3 atom stereocenters. The normalized spacial score (nSPS) is 13.8. The van der Waals surface area contributed by atoms with E-state index in [2.05, 4.69) is 20.9 Å². The fraction of sp³-hybridized carbons (Fsp3) is 0.455. The predicted molar refractivity (Wildman–Crippen MR) is 121 cm³/mol. The van der Waals surface area contributed by atoms with Gasteiger partial charge in [-0.05, 0) is 24.0 Å². The number of carbonyl (C=O) groups excluding carboxylic acids is 3. The second-order valence-electron chi connectivity index (χ2n) is 8.22. The number of carboxylic acid groups (broad SMARTS) is 1. The topological polar surface area (TPSA) is 187 Å². The van der Waals surface area contributed by atoms with Gasteiger partial charge in [0.1, 0.15) is 24.7 Å². The number of rotatable bonds is 12. The Balaban J connectivity index is 2.24. The minimum absolute atomic E-state index is 0.0271. The highest BCUT2D eigenvalue weighted by Crippen LogP contribution is 2.19. The van der Waals surface area contributed by atoms with Gasteiger partial charge in [-0.1, -0.05) is 32.0 Å². The Hall–Kier alpha value is -3.44. The molecule has 180 valence electrons. The molecule has 33 heavy (non-hydrogen) atoms. The van der Waals surface area contributed by atoms with Crippen molar-refractivity contribution in [1.82, 2.24) is 20.9 Å². The molecule has 11 nitrogen and oxygen atoms in total. The van der Waals surface area contributed by atoms with Gasteiger partial charge in [0.15, 0.2) is 0 Å². The number of fused-ring (bicyclic) bond motifs is 1. The van der Waals surface area contributed by atoms with Gasteiger partial charge < -0.3 is 36.9 Å². The number of aliphatic hydroxyl groups is 1. The third-order valence-corrected chi connectivity index (χ3v) is 5.02. The first-order valence-electron chi connectivity index (χ1n) is 10.6. The van der Waals surface area contributed by atoms with Crippen molar-refractivity contribution >= 4 is 34.6 Å². The highest BCUT2D eigenvalue weighted by atomic mass is 16.4. The van der Waals surface area contributed by atoms with Crippen LogP contribution in [0.25, 0.3) is 10.9 Å². The number of aromatic amines is 1. The van der Waals surface area contributed by atoms with Gasteiger partial charge in [-0.2, -0.15) is 0 Å². The van der Waals surface area contributed by atoms with Gasteiger partial charge in [0.2, 0.25) is 17.7 Å². The zero-order valence-electron chi connectivity index (χ0n) is 18.6. The summed E-state index contributed by atoms with van der Waals surface area (Å²) in [6.45, 7) is 2.54. The standard InChI is InChI=1S/C22H31N5O6/c1-12(2)7-17(26-20(31)15(23)11-28)22(33)27-18(21(32)25-10-19(29)30)8-13-9-24-16-6-4-3-5-14(13)16/h3-6,9,12,15,17-18,24,28H,7-8,10-11,23H2,1-2H3,(H,25,32)(H,26,31)(H,27,33)(H,29,30). The van der Waals surface area contributed by atoms with Crippen molar-refractivity contribution in [2.24, 2.45) is 11.7 Å². The number of amides is 3. The molecule has 0 saturated heterocycles. The highest BCUT2D eigenvalue weighted by molar-refractivity contribution is 5.94. The van der Waals surface area contributed by atoms with Crippen LogP contribution in [0.15, 0.2) is 30.5 Å². The van der Waals surface area contributed by atoms with Crippen LogP contribution >= 0.6 is 0 Å². The lowest BCUT2D eigenvalue weighted by atomic mass is 10.0. The average Bonchev–Trinajstić information content (AvgIpc) is 3.18. The number of aliphatic carboxylic acids is 1. The Morgan fingerprint density at radius 2 is 1.70 bits per heavy atom. The van der Waals surface area contributed by atoms with Crippen molar-refractivity contribution in [3.8, 4) is 0 Å². The molecule has 2 aromatic rings. The SMILES string of the molecule is CC(C)CC(NC(=O)C(N)CO)C(=O)NC(Cc1c[nH]c2ccccc12)C(=O)NCC(=O)O. The van der Waals surface area contributed by atoms with Crippen LogP contribution in [0, 0.1) is 5.92 Å².